The topological polar surface area (TPSA) is 45.7 Å². The van der Waals surface area contributed by atoms with Gasteiger partial charge in [-0.25, -0.2) is 0 Å². The summed E-state index contributed by atoms with van der Waals surface area (Å²) in [6.45, 7) is 10.0. The van der Waals surface area contributed by atoms with Gasteiger partial charge in [0.15, 0.2) is 5.96 Å². The molecule has 0 saturated heterocycles. The number of ether oxygens (including phenoxy) is 1. The molecule has 1 unspecified atom stereocenters. The number of nitrogens with one attached hydrogen (secondary N) is 2. The molecule has 0 aromatic rings. The Kier molecular flexibility index (Phi) is 10.8. The standard InChI is InChI=1S/C18H35N3O/c1-4-6-7-8-9-16(3)21-18(19-5-2)20-13-10-17-11-14-22-15-12-17/h11,16H,4-10,12-15H2,1-3H3,(H2,19,20,21). The van der Waals surface area contributed by atoms with E-state index >= 15 is 0 Å². The third-order valence-electron chi connectivity index (χ3n) is 3.98. The normalized spacial score (nSPS) is 17.0. The van der Waals surface area contributed by atoms with Crippen LogP contribution in [0.5, 0.6) is 0 Å². The Morgan fingerprint density at radius 2 is 2.18 bits per heavy atom. The minimum Gasteiger partial charge on any atom is -0.377 e. The van der Waals surface area contributed by atoms with Crippen molar-refractivity contribution in [3.05, 3.63) is 11.6 Å². The fourth-order valence-electron chi connectivity index (χ4n) is 2.61. The molecule has 22 heavy (non-hydrogen) atoms. The minimum absolute atomic E-state index is 0.483. The molecular formula is C18H35N3O. The van der Waals surface area contributed by atoms with Crippen molar-refractivity contribution in [2.45, 2.75) is 71.8 Å². The average Bonchev–Trinajstić information content (AvgIpc) is 2.53. The monoisotopic (exact) mass is 309 g/mol. The number of hydrogen-bond donors (Lipinski definition) is 2. The molecule has 0 amide bonds. The van der Waals surface area contributed by atoms with E-state index in [2.05, 4.69) is 37.5 Å². The Bertz CT molecular complexity index is 339. The van der Waals surface area contributed by atoms with Crippen LogP contribution in [0.15, 0.2) is 16.6 Å². The van der Waals surface area contributed by atoms with Gasteiger partial charge in [-0.15, -0.1) is 0 Å². The number of aliphatic imine (C=N–C) groups is 1. The Balaban J connectivity index is 2.29. The molecule has 4 nitrogen and oxygen atoms in total. The summed E-state index contributed by atoms with van der Waals surface area (Å²) in [4.78, 5) is 4.70. The van der Waals surface area contributed by atoms with Crippen LogP contribution in [0.25, 0.3) is 0 Å². The highest BCUT2D eigenvalue weighted by atomic mass is 16.5. The van der Waals surface area contributed by atoms with Crippen molar-refractivity contribution < 1.29 is 4.74 Å². The van der Waals surface area contributed by atoms with Gasteiger partial charge in [0.25, 0.3) is 0 Å². The maximum Gasteiger partial charge on any atom is 0.191 e. The minimum atomic E-state index is 0.483. The molecule has 1 rings (SSSR count). The molecule has 2 N–H and O–H groups in total. The predicted octanol–water partition coefficient (Wildman–Crippen LogP) is 3.64. The Morgan fingerprint density at radius 1 is 1.32 bits per heavy atom. The molecule has 1 aliphatic rings. The molecule has 0 saturated carbocycles. The molecule has 0 fully saturated rings. The van der Waals surface area contributed by atoms with Crippen LogP contribution in [0.1, 0.15) is 65.7 Å². The first-order valence-corrected chi connectivity index (χ1v) is 9.06. The fraction of sp³-hybridized carbons (Fsp3) is 0.833. The zero-order valence-corrected chi connectivity index (χ0v) is 14.8. The molecule has 1 atom stereocenters. The van der Waals surface area contributed by atoms with E-state index in [9.17, 15) is 0 Å². The van der Waals surface area contributed by atoms with Crippen molar-refractivity contribution in [3.8, 4) is 0 Å². The summed E-state index contributed by atoms with van der Waals surface area (Å²) in [5.41, 5.74) is 1.48. The zero-order valence-electron chi connectivity index (χ0n) is 14.8. The van der Waals surface area contributed by atoms with Crippen molar-refractivity contribution in [2.24, 2.45) is 4.99 Å². The molecule has 0 radical (unpaired) electrons. The summed E-state index contributed by atoms with van der Waals surface area (Å²) >= 11 is 0. The van der Waals surface area contributed by atoms with E-state index in [-0.39, 0.29) is 0 Å². The lowest BCUT2D eigenvalue weighted by Gasteiger charge is -2.18. The largest absolute Gasteiger partial charge is 0.377 e. The summed E-state index contributed by atoms with van der Waals surface area (Å²) in [7, 11) is 0. The summed E-state index contributed by atoms with van der Waals surface area (Å²) in [6.07, 6.45) is 10.8. The van der Waals surface area contributed by atoms with E-state index in [1.807, 2.05) is 0 Å². The lowest BCUT2D eigenvalue weighted by molar-refractivity contribution is 0.153. The fourth-order valence-corrected chi connectivity index (χ4v) is 2.61. The zero-order chi connectivity index (χ0) is 16.0. The van der Waals surface area contributed by atoms with E-state index in [4.69, 9.17) is 9.73 Å². The smallest absolute Gasteiger partial charge is 0.191 e. The highest BCUT2D eigenvalue weighted by molar-refractivity contribution is 5.80. The highest BCUT2D eigenvalue weighted by Gasteiger charge is 2.06. The lowest BCUT2D eigenvalue weighted by Crippen LogP contribution is -2.42. The van der Waals surface area contributed by atoms with Crippen LogP contribution in [-0.4, -0.2) is 38.3 Å². The summed E-state index contributed by atoms with van der Waals surface area (Å²) in [5.74, 6) is 0.957. The Morgan fingerprint density at radius 3 is 2.86 bits per heavy atom. The molecule has 0 bridgehead atoms. The Hall–Kier alpha value is -1.03. The van der Waals surface area contributed by atoms with Crippen molar-refractivity contribution in [1.29, 1.82) is 0 Å². The van der Waals surface area contributed by atoms with Crippen LogP contribution in [0.3, 0.4) is 0 Å². The van der Waals surface area contributed by atoms with Gasteiger partial charge in [0, 0.05) is 19.1 Å². The summed E-state index contributed by atoms with van der Waals surface area (Å²) in [5, 5.41) is 6.87. The van der Waals surface area contributed by atoms with E-state index in [0.717, 1.165) is 45.1 Å². The third kappa shape index (κ3) is 9.08. The molecular weight excluding hydrogens is 274 g/mol. The SMILES string of the molecule is CCCCCCC(C)NC(=NCCC1=CCOCC1)NCC. The second-order valence-corrected chi connectivity index (χ2v) is 6.09. The molecule has 4 heteroatoms. The predicted molar refractivity (Wildman–Crippen MR) is 95.5 cm³/mol. The van der Waals surface area contributed by atoms with Crippen LogP contribution < -0.4 is 10.6 Å². The Labute approximate surface area is 136 Å². The third-order valence-corrected chi connectivity index (χ3v) is 3.98. The lowest BCUT2D eigenvalue weighted by atomic mass is 10.1. The molecule has 1 aliphatic heterocycles. The van der Waals surface area contributed by atoms with Gasteiger partial charge in [0.2, 0.25) is 0 Å². The van der Waals surface area contributed by atoms with E-state index < -0.39 is 0 Å². The van der Waals surface area contributed by atoms with Crippen molar-refractivity contribution in [3.63, 3.8) is 0 Å². The highest BCUT2D eigenvalue weighted by Crippen LogP contribution is 2.11. The number of unbranched alkanes of at least 4 members (excludes halogenated alkanes) is 3. The van der Waals surface area contributed by atoms with Crippen molar-refractivity contribution >= 4 is 5.96 Å². The molecule has 0 aromatic carbocycles. The molecule has 0 spiro atoms. The molecule has 0 aromatic heterocycles. The van der Waals surface area contributed by atoms with Crippen LogP contribution in [-0.2, 0) is 4.74 Å². The number of nitrogens with zero attached hydrogens (tertiary/aromatic N) is 1. The average molecular weight is 309 g/mol. The van der Waals surface area contributed by atoms with Gasteiger partial charge in [0.05, 0.1) is 13.2 Å². The van der Waals surface area contributed by atoms with Crippen LogP contribution in [0.4, 0.5) is 0 Å². The summed E-state index contributed by atoms with van der Waals surface area (Å²) < 4.78 is 5.34. The molecule has 128 valence electrons. The van der Waals surface area contributed by atoms with E-state index in [1.54, 1.807) is 0 Å². The van der Waals surface area contributed by atoms with Crippen LogP contribution in [0.2, 0.25) is 0 Å². The van der Waals surface area contributed by atoms with Crippen molar-refractivity contribution in [2.75, 3.05) is 26.3 Å². The second-order valence-electron chi connectivity index (χ2n) is 6.09. The van der Waals surface area contributed by atoms with Crippen LogP contribution in [0, 0.1) is 0 Å². The van der Waals surface area contributed by atoms with Gasteiger partial charge in [-0.3, -0.25) is 4.99 Å². The quantitative estimate of drug-likeness (QED) is 0.280. The van der Waals surface area contributed by atoms with Gasteiger partial charge >= 0.3 is 0 Å². The molecule has 0 aliphatic carbocycles. The van der Waals surface area contributed by atoms with Gasteiger partial charge < -0.3 is 15.4 Å². The van der Waals surface area contributed by atoms with Gasteiger partial charge in [-0.1, -0.05) is 44.3 Å². The first-order chi connectivity index (χ1) is 10.8. The maximum absolute atomic E-state index is 5.34. The number of guanidine groups is 1. The van der Waals surface area contributed by atoms with Gasteiger partial charge in [0.1, 0.15) is 0 Å². The number of rotatable bonds is 10. The second kappa shape index (κ2) is 12.5. The van der Waals surface area contributed by atoms with Crippen molar-refractivity contribution in [1.82, 2.24) is 10.6 Å². The summed E-state index contributed by atoms with van der Waals surface area (Å²) in [6, 6.07) is 0.483. The number of hydrogen-bond acceptors (Lipinski definition) is 2. The van der Waals surface area contributed by atoms with E-state index in [1.165, 1.54) is 37.7 Å². The van der Waals surface area contributed by atoms with Crippen LogP contribution >= 0.6 is 0 Å². The first kappa shape index (κ1) is 19.0. The van der Waals surface area contributed by atoms with E-state index in [0.29, 0.717) is 6.04 Å². The molecule has 1 heterocycles. The van der Waals surface area contributed by atoms with Gasteiger partial charge in [-0.2, -0.15) is 0 Å². The first-order valence-electron chi connectivity index (χ1n) is 9.06. The van der Waals surface area contributed by atoms with Gasteiger partial charge in [-0.05, 0) is 33.1 Å². The maximum atomic E-state index is 5.34.